The van der Waals surface area contributed by atoms with Crippen LogP contribution in [0, 0.1) is 17.7 Å². The molecule has 0 aliphatic rings. The third-order valence-corrected chi connectivity index (χ3v) is 5.07. The molecule has 0 aliphatic carbocycles. The highest BCUT2D eigenvalue weighted by atomic mass is 32.2. The van der Waals surface area contributed by atoms with Gasteiger partial charge in [-0.3, -0.25) is 0 Å². The number of halogens is 1. The summed E-state index contributed by atoms with van der Waals surface area (Å²) in [5.41, 5.74) is 0.111. The highest BCUT2D eigenvalue weighted by Crippen LogP contribution is 2.15. The van der Waals surface area contributed by atoms with Crippen molar-refractivity contribution in [1.29, 1.82) is 0 Å². The molecule has 0 aromatic heterocycles. The average molecular weight is 331 g/mol. The van der Waals surface area contributed by atoms with Crippen LogP contribution >= 0.6 is 11.8 Å². The molecule has 0 spiro atoms. The molecular formula is C14H18FNO3S2. The first-order valence-electron chi connectivity index (χ1n) is 6.32. The van der Waals surface area contributed by atoms with Crippen LogP contribution in [-0.2, 0) is 10.0 Å². The number of sulfonamides is 1. The van der Waals surface area contributed by atoms with E-state index in [0.717, 1.165) is 6.07 Å². The number of aliphatic hydroxyl groups is 1. The summed E-state index contributed by atoms with van der Waals surface area (Å²) in [5.74, 6) is 4.45. The number of thioether (sulfide) groups is 1. The van der Waals surface area contributed by atoms with Gasteiger partial charge in [0.25, 0.3) is 0 Å². The Balaban J connectivity index is 2.90. The highest BCUT2D eigenvalue weighted by Gasteiger charge is 2.16. The SMILES string of the molecule is CSC(C)CNS(=O)(=O)c1ccc(C#CCCO)c(F)c1. The first-order valence-corrected chi connectivity index (χ1v) is 9.09. The highest BCUT2D eigenvalue weighted by molar-refractivity contribution is 7.99. The van der Waals surface area contributed by atoms with E-state index in [9.17, 15) is 12.8 Å². The number of aliphatic hydroxyl groups excluding tert-OH is 1. The van der Waals surface area contributed by atoms with Gasteiger partial charge in [-0.15, -0.1) is 0 Å². The maximum Gasteiger partial charge on any atom is 0.240 e. The molecule has 0 heterocycles. The zero-order valence-corrected chi connectivity index (χ0v) is 13.5. The lowest BCUT2D eigenvalue weighted by molar-refractivity contribution is 0.305. The largest absolute Gasteiger partial charge is 0.395 e. The molecule has 1 atom stereocenters. The fourth-order valence-electron chi connectivity index (χ4n) is 1.37. The molecule has 21 heavy (non-hydrogen) atoms. The summed E-state index contributed by atoms with van der Waals surface area (Å²) in [6.45, 7) is 2.08. The first kappa shape index (κ1) is 18.0. The molecule has 0 aliphatic heterocycles. The normalized spacial score (nSPS) is 12.6. The Morgan fingerprint density at radius 1 is 1.48 bits per heavy atom. The number of hydrogen-bond acceptors (Lipinski definition) is 4. The molecule has 0 bridgehead atoms. The van der Waals surface area contributed by atoms with Crippen molar-refractivity contribution in [3.63, 3.8) is 0 Å². The van der Waals surface area contributed by atoms with Crippen molar-refractivity contribution in [2.45, 2.75) is 23.5 Å². The molecule has 116 valence electrons. The van der Waals surface area contributed by atoms with Crippen LogP contribution in [0.1, 0.15) is 18.9 Å². The third kappa shape index (κ3) is 5.67. The standard InChI is InChI=1S/C14H18FNO3S2/c1-11(20-2)10-16-21(18,19)13-7-6-12(14(15)9-13)5-3-4-8-17/h6-7,9,11,16-17H,4,8,10H2,1-2H3. The van der Waals surface area contributed by atoms with Crippen LogP contribution in [0.5, 0.6) is 0 Å². The summed E-state index contributed by atoms with van der Waals surface area (Å²) < 4.78 is 40.3. The molecule has 0 saturated heterocycles. The van der Waals surface area contributed by atoms with E-state index in [2.05, 4.69) is 16.6 Å². The van der Waals surface area contributed by atoms with Gasteiger partial charge in [-0.1, -0.05) is 18.8 Å². The summed E-state index contributed by atoms with van der Waals surface area (Å²) in [5, 5.41) is 8.74. The smallest absolute Gasteiger partial charge is 0.240 e. The van der Waals surface area contributed by atoms with Gasteiger partial charge in [0.2, 0.25) is 10.0 Å². The molecular weight excluding hydrogens is 313 g/mol. The Morgan fingerprint density at radius 2 is 2.19 bits per heavy atom. The maximum atomic E-state index is 13.8. The molecule has 7 heteroatoms. The summed E-state index contributed by atoms with van der Waals surface area (Å²) in [6.07, 6.45) is 2.13. The van der Waals surface area contributed by atoms with Gasteiger partial charge in [-0.2, -0.15) is 11.8 Å². The predicted molar refractivity (Wildman–Crippen MR) is 83.1 cm³/mol. The lowest BCUT2D eigenvalue weighted by Gasteiger charge is -2.10. The van der Waals surface area contributed by atoms with Crippen molar-refractivity contribution in [3.8, 4) is 11.8 Å². The van der Waals surface area contributed by atoms with E-state index in [1.54, 1.807) is 0 Å². The summed E-state index contributed by atoms with van der Waals surface area (Å²) in [6, 6.07) is 3.60. The van der Waals surface area contributed by atoms with Gasteiger partial charge >= 0.3 is 0 Å². The fraction of sp³-hybridized carbons (Fsp3) is 0.429. The van der Waals surface area contributed by atoms with Crippen molar-refractivity contribution in [2.75, 3.05) is 19.4 Å². The molecule has 1 unspecified atom stereocenters. The van der Waals surface area contributed by atoms with Crippen LogP contribution in [0.2, 0.25) is 0 Å². The molecule has 1 aromatic carbocycles. The van der Waals surface area contributed by atoms with Crippen LogP contribution in [0.15, 0.2) is 23.1 Å². The molecule has 1 aromatic rings. The summed E-state index contributed by atoms with van der Waals surface area (Å²) in [4.78, 5) is -0.124. The van der Waals surface area contributed by atoms with Crippen molar-refractivity contribution in [1.82, 2.24) is 4.72 Å². The molecule has 4 nitrogen and oxygen atoms in total. The lowest BCUT2D eigenvalue weighted by Crippen LogP contribution is -2.29. The van der Waals surface area contributed by atoms with Crippen molar-refractivity contribution < 1.29 is 17.9 Å². The first-order chi connectivity index (χ1) is 9.90. The zero-order valence-electron chi connectivity index (χ0n) is 11.9. The van der Waals surface area contributed by atoms with Gasteiger partial charge in [-0.05, 0) is 24.5 Å². The molecule has 0 fully saturated rings. The molecule has 2 N–H and O–H groups in total. The Hall–Kier alpha value is -1.07. The number of rotatable bonds is 6. The Morgan fingerprint density at radius 3 is 2.76 bits per heavy atom. The number of benzene rings is 1. The van der Waals surface area contributed by atoms with E-state index < -0.39 is 15.8 Å². The van der Waals surface area contributed by atoms with Gasteiger partial charge in [0.1, 0.15) is 5.82 Å². The average Bonchev–Trinajstić information content (AvgIpc) is 2.46. The van der Waals surface area contributed by atoms with Crippen molar-refractivity contribution in [3.05, 3.63) is 29.6 Å². The van der Waals surface area contributed by atoms with E-state index in [1.807, 2.05) is 13.2 Å². The summed E-state index contributed by atoms with van der Waals surface area (Å²) in [7, 11) is -3.72. The Labute approximate surface area is 129 Å². The van der Waals surface area contributed by atoms with Crippen molar-refractivity contribution >= 4 is 21.8 Å². The number of nitrogens with one attached hydrogen (secondary N) is 1. The molecule has 0 amide bonds. The summed E-state index contributed by atoms with van der Waals surface area (Å²) >= 11 is 1.54. The van der Waals surface area contributed by atoms with Crippen molar-refractivity contribution in [2.24, 2.45) is 0 Å². The van der Waals surface area contributed by atoms with Gasteiger partial charge in [-0.25, -0.2) is 17.5 Å². The second kappa shape index (κ2) is 8.39. The second-order valence-electron chi connectivity index (χ2n) is 4.32. The lowest BCUT2D eigenvalue weighted by atomic mass is 10.2. The Bertz CT molecular complexity index is 635. The van der Waals surface area contributed by atoms with Crippen LogP contribution in [0.25, 0.3) is 0 Å². The van der Waals surface area contributed by atoms with Crippen LogP contribution in [0.4, 0.5) is 4.39 Å². The quantitative estimate of drug-likeness (QED) is 0.777. The Kier molecular flexibility index (Phi) is 7.18. The van der Waals surface area contributed by atoms with E-state index >= 15 is 0 Å². The minimum Gasteiger partial charge on any atom is -0.395 e. The number of hydrogen-bond donors (Lipinski definition) is 2. The van der Waals surface area contributed by atoms with Gasteiger partial charge in [0, 0.05) is 18.2 Å². The van der Waals surface area contributed by atoms with Gasteiger partial charge in [0.05, 0.1) is 17.1 Å². The molecule has 0 saturated carbocycles. The zero-order chi connectivity index (χ0) is 15.9. The molecule has 1 rings (SSSR count). The van der Waals surface area contributed by atoms with E-state index in [0.29, 0.717) is 0 Å². The van der Waals surface area contributed by atoms with Gasteiger partial charge in [0.15, 0.2) is 0 Å². The fourth-order valence-corrected chi connectivity index (χ4v) is 2.87. The van der Waals surface area contributed by atoms with Gasteiger partial charge < -0.3 is 5.11 Å². The minimum absolute atomic E-state index is 0.0986. The monoisotopic (exact) mass is 331 g/mol. The van der Waals surface area contributed by atoms with Crippen LogP contribution < -0.4 is 4.72 Å². The predicted octanol–water partition coefficient (Wildman–Crippen LogP) is 1.59. The van der Waals surface area contributed by atoms with E-state index in [-0.39, 0.29) is 35.3 Å². The third-order valence-electron chi connectivity index (χ3n) is 2.67. The van der Waals surface area contributed by atoms with Crippen LogP contribution in [-0.4, -0.2) is 38.2 Å². The maximum absolute atomic E-state index is 13.8. The molecule has 0 radical (unpaired) electrons. The van der Waals surface area contributed by atoms with E-state index in [4.69, 9.17) is 5.11 Å². The second-order valence-corrected chi connectivity index (χ2v) is 7.36. The topological polar surface area (TPSA) is 66.4 Å². The van der Waals surface area contributed by atoms with Crippen LogP contribution in [0.3, 0.4) is 0 Å². The van der Waals surface area contributed by atoms with E-state index in [1.165, 1.54) is 23.9 Å². The minimum atomic E-state index is -3.72.